The van der Waals surface area contributed by atoms with Crippen molar-refractivity contribution >= 4 is 23.0 Å². The first-order valence-electron chi connectivity index (χ1n) is 4.46. The molecule has 0 amide bonds. The average molecular weight is 213 g/mol. The van der Waals surface area contributed by atoms with Gasteiger partial charge < -0.3 is 10.5 Å². The summed E-state index contributed by atoms with van der Waals surface area (Å²) in [4.78, 5) is 12.9. The fourth-order valence-corrected chi connectivity index (χ4v) is 2.69. The lowest BCUT2D eigenvalue weighted by atomic mass is 10.0. The SMILES string of the molecule is COC(=O)c1sc(C)c(C(C)C)c1N. The van der Waals surface area contributed by atoms with Crippen LogP contribution in [0.3, 0.4) is 0 Å². The third-order valence-electron chi connectivity index (χ3n) is 2.12. The average Bonchev–Trinajstić information content (AvgIpc) is 2.40. The van der Waals surface area contributed by atoms with E-state index in [0.29, 0.717) is 16.5 Å². The molecule has 1 heterocycles. The minimum absolute atomic E-state index is 0.338. The summed E-state index contributed by atoms with van der Waals surface area (Å²) in [5, 5.41) is 0. The van der Waals surface area contributed by atoms with Gasteiger partial charge in [0.15, 0.2) is 0 Å². The molecule has 1 aromatic rings. The monoisotopic (exact) mass is 213 g/mol. The zero-order chi connectivity index (χ0) is 10.9. The van der Waals surface area contributed by atoms with Crippen LogP contribution in [0.5, 0.6) is 0 Å². The number of hydrogen-bond acceptors (Lipinski definition) is 4. The van der Waals surface area contributed by atoms with E-state index >= 15 is 0 Å². The van der Waals surface area contributed by atoms with Crippen LogP contribution in [0.1, 0.15) is 39.9 Å². The zero-order valence-electron chi connectivity index (χ0n) is 8.88. The Morgan fingerprint density at radius 1 is 1.50 bits per heavy atom. The molecular weight excluding hydrogens is 198 g/mol. The summed E-state index contributed by atoms with van der Waals surface area (Å²) in [6.07, 6.45) is 0. The van der Waals surface area contributed by atoms with Crippen LogP contribution in [0.2, 0.25) is 0 Å². The second kappa shape index (κ2) is 4.00. The van der Waals surface area contributed by atoms with Crippen LogP contribution < -0.4 is 5.73 Å². The van der Waals surface area contributed by atoms with Gasteiger partial charge in [-0.25, -0.2) is 4.79 Å². The first-order valence-corrected chi connectivity index (χ1v) is 5.27. The van der Waals surface area contributed by atoms with Crippen molar-refractivity contribution in [1.82, 2.24) is 0 Å². The van der Waals surface area contributed by atoms with Gasteiger partial charge in [0.05, 0.1) is 12.8 Å². The lowest BCUT2D eigenvalue weighted by molar-refractivity contribution is 0.0607. The number of ether oxygens (including phenoxy) is 1. The Kier molecular flexibility index (Phi) is 3.16. The molecule has 0 unspecified atom stereocenters. The Bertz CT molecular complexity index is 355. The number of methoxy groups -OCH3 is 1. The maximum Gasteiger partial charge on any atom is 0.350 e. The zero-order valence-corrected chi connectivity index (χ0v) is 9.70. The van der Waals surface area contributed by atoms with Gasteiger partial charge in [0.2, 0.25) is 0 Å². The lowest BCUT2D eigenvalue weighted by Gasteiger charge is -2.05. The van der Waals surface area contributed by atoms with Crippen molar-refractivity contribution in [3.63, 3.8) is 0 Å². The molecule has 4 heteroatoms. The number of nitrogens with two attached hydrogens (primary N) is 1. The number of carbonyl (C=O) groups excluding carboxylic acids is 1. The maximum atomic E-state index is 11.3. The highest BCUT2D eigenvalue weighted by atomic mass is 32.1. The minimum Gasteiger partial charge on any atom is -0.465 e. The van der Waals surface area contributed by atoms with Crippen LogP contribution in [0, 0.1) is 6.92 Å². The van der Waals surface area contributed by atoms with E-state index in [2.05, 4.69) is 18.6 Å². The molecule has 0 aliphatic carbocycles. The van der Waals surface area contributed by atoms with Crippen LogP contribution in [0.25, 0.3) is 0 Å². The predicted octanol–water partition coefficient (Wildman–Crippen LogP) is 2.55. The van der Waals surface area contributed by atoms with Crippen molar-refractivity contribution in [2.45, 2.75) is 26.7 Å². The summed E-state index contributed by atoms with van der Waals surface area (Å²) in [5.41, 5.74) is 7.53. The van der Waals surface area contributed by atoms with Crippen molar-refractivity contribution in [2.75, 3.05) is 12.8 Å². The van der Waals surface area contributed by atoms with Crippen LogP contribution in [-0.2, 0) is 4.74 Å². The number of thiophene rings is 1. The largest absolute Gasteiger partial charge is 0.465 e. The van der Waals surface area contributed by atoms with E-state index < -0.39 is 0 Å². The summed E-state index contributed by atoms with van der Waals surface area (Å²) < 4.78 is 4.66. The van der Waals surface area contributed by atoms with Crippen molar-refractivity contribution in [3.05, 3.63) is 15.3 Å². The van der Waals surface area contributed by atoms with Gasteiger partial charge in [0.25, 0.3) is 0 Å². The Hall–Kier alpha value is -1.03. The Labute approximate surface area is 87.9 Å². The number of hydrogen-bond donors (Lipinski definition) is 1. The quantitative estimate of drug-likeness (QED) is 0.768. The van der Waals surface area contributed by atoms with Gasteiger partial charge in [0, 0.05) is 4.88 Å². The fourth-order valence-electron chi connectivity index (χ4n) is 1.54. The molecular formula is C10H15NO2S. The van der Waals surface area contributed by atoms with E-state index in [1.54, 1.807) is 0 Å². The fraction of sp³-hybridized carbons (Fsp3) is 0.500. The number of rotatable bonds is 2. The molecule has 0 aromatic carbocycles. The van der Waals surface area contributed by atoms with Gasteiger partial charge >= 0.3 is 5.97 Å². The molecule has 0 saturated heterocycles. The highest BCUT2D eigenvalue weighted by Crippen LogP contribution is 2.35. The van der Waals surface area contributed by atoms with Gasteiger partial charge in [0.1, 0.15) is 4.88 Å². The summed E-state index contributed by atoms with van der Waals surface area (Å²) in [6, 6.07) is 0. The first-order chi connectivity index (χ1) is 6.49. The third-order valence-corrected chi connectivity index (χ3v) is 3.23. The molecule has 0 saturated carbocycles. The van der Waals surface area contributed by atoms with Crippen molar-refractivity contribution in [1.29, 1.82) is 0 Å². The van der Waals surface area contributed by atoms with Crippen molar-refractivity contribution in [2.24, 2.45) is 0 Å². The number of esters is 1. The van der Waals surface area contributed by atoms with Crippen LogP contribution in [-0.4, -0.2) is 13.1 Å². The van der Waals surface area contributed by atoms with Crippen LogP contribution in [0.4, 0.5) is 5.69 Å². The van der Waals surface area contributed by atoms with E-state index in [1.165, 1.54) is 18.4 Å². The minimum atomic E-state index is -0.345. The maximum absolute atomic E-state index is 11.3. The molecule has 0 fully saturated rings. The second-order valence-electron chi connectivity index (χ2n) is 3.46. The van der Waals surface area contributed by atoms with Gasteiger partial charge in [-0.3, -0.25) is 0 Å². The number of aryl methyl sites for hydroxylation is 1. The molecule has 1 aromatic heterocycles. The number of carbonyl (C=O) groups is 1. The van der Waals surface area contributed by atoms with Gasteiger partial charge in [-0.15, -0.1) is 11.3 Å². The summed E-state index contributed by atoms with van der Waals surface area (Å²) in [7, 11) is 1.37. The molecule has 0 spiro atoms. The van der Waals surface area contributed by atoms with E-state index in [9.17, 15) is 4.79 Å². The van der Waals surface area contributed by atoms with Gasteiger partial charge in [-0.05, 0) is 18.4 Å². The molecule has 0 aliphatic heterocycles. The van der Waals surface area contributed by atoms with E-state index in [1.807, 2.05) is 6.92 Å². The highest BCUT2D eigenvalue weighted by molar-refractivity contribution is 7.14. The van der Waals surface area contributed by atoms with E-state index in [4.69, 9.17) is 5.73 Å². The topological polar surface area (TPSA) is 52.3 Å². The Morgan fingerprint density at radius 3 is 2.43 bits per heavy atom. The highest BCUT2D eigenvalue weighted by Gasteiger charge is 2.20. The third kappa shape index (κ3) is 1.75. The van der Waals surface area contributed by atoms with Gasteiger partial charge in [-0.1, -0.05) is 13.8 Å². The predicted molar refractivity (Wildman–Crippen MR) is 58.9 cm³/mol. The molecule has 2 N–H and O–H groups in total. The van der Waals surface area contributed by atoms with Crippen LogP contribution >= 0.6 is 11.3 Å². The van der Waals surface area contributed by atoms with Gasteiger partial charge in [-0.2, -0.15) is 0 Å². The molecule has 3 nitrogen and oxygen atoms in total. The van der Waals surface area contributed by atoms with Crippen molar-refractivity contribution in [3.8, 4) is 0 Å². The summed E-state index contributed by atoms with van der Waals surface area (Å²) in [6.45, 7) is 6.10. The van der Waals surface area contributed by atoms with E-state index in [0.717, 1.165) is 10.4 Å². The second-order valence-corrected chi connectivity index (χ2v) is 4.69. The first kappa shape index (κ1) is 11.0. The lowest BCUT2D eigenvalue weighted by Crippen LogP contribution is -2.03. The van der Waals surface area contributed by atoms with Crippen LogP contribution in [0.15, 0.2) is 0 Å². The number of nitrogen functional groups attached to an aromatic ring is 1. The Balaban J connectivity index is 3.23. The molecule has 0 radical (unpaired) electrons. The smallest absolute Gasteiger partial charge is 0.350 e. The molecule has 78 valence electrons. The normalized spacial score (nSPS) is 10.6. The number of anilines is 1. The molecule has 0 aliphatic rings. The molecule has 0 atom stereocenters. The molecule has 14 heavy (non-hydrogen) atoms. The van der Waals surface area contributed by atoms with E-state index in [-0.39, 0.29) is 5.97 Å². The standard InChI is InChI=1S/C10H15NO2S/c1-5(2)7-6(3)14-9(8(7)11)10(12)13-4/h5H,11H2,1-4H3. The summed E-state index contributed by atoms with van der Waals surface area (Å²) >= 11 is 1.40. The summed E-state index contributed by atoms with van der Waals surface area (Å²) in [5.74, 6) is -0.00726. The molecule has 0 bridgehead atoms. The Morgan fingerprint density at radius 2 is 2.07 bits per heavy atom. The molecule has 1 rings (SSSR count). The van der Waals surface area contributed by atoms with Crippen molar-refractivity contribution < 1.29 is 9.53 Å².